The van der Waals surface area contributed by atoms with Gasteiger partial charge in [-0.3, -0.25) is 14.5 Å². The lowest BCUT2D eigenvalue weighted by Gasteiger charge is -2.60. The largest absolute Gasteiger partial charge is 0.480 e. The van der Waals surface area contributed by atoms with Gasteiger partial charge < -0.3 is 10.0 Å². The highest BCUT2D eigenvalue weighted by Gasteiger charge is 2.54. The van der Waals surface area contributed by atoms with Gasteiger partial charge in [0.1, 0.15) is 5.82 Å². The Hall–Kier alpha value is -1.95. The van der Waals surface area contributed by atoms with E-state index in [0.29, 0.717) is 24.3 Å². The molecule has 152 valence electrons. The van der Waals surface area contributed by atoms with E-state index in [1.165, 1.54) is 31.4 Å². The van der Waals surface area contributed by atoms with Crippen molar-refractivity contribution in [1.29, 1.82) is 0 Å². The molecule has 4 saturated carbocycles. The highest BCUT2D eigenvalue weighted by molar-refractivity contribution is 5.80. The van der Waals surface area contributed by atoms with Gasteiger partial charge in [-0.15, -0.1) is 0 Å². The van der Waals surface area contributed by atoms with Crippen molar-refractivity contribution >= 4 is 11.9 Å². The van der Waals surface area contributed by atoms with Gasteiger partial charge in [-0.25, -0.2) is 4.39 Å². The smallest absolute Gasteiger partial charge is 0.317 e. The fourth-order valence-electron chi connectivity index (χ4n) is 6.29. The lowest BCUT2D eigenvalue weighted by molar-refractivity contribution is -0.153. The average molecular weight is 388 g/mol. The third-order valence-corrected chi connectivity index (χ3v) is 6.94. The molecule has 5 rings (SSSR count). The number of amides is 1. The molecule has 0 aromatic heterocycles. The van der Waals surface area contributed by atoms with Crippen LogP contribution in [0.5, 0.6) is 0 Å². The first-order valence-corrected chi connectivity index (χ1v) is 10.3. The van der Waals surface area contributed by atoms with Crippen LogP contribution in [-0.4, -0.2) is 52.5 Å². The zero-order chi connectivity index (χ0) is 19.9. The quantitative estimate of drug-likeness (QED) is 0.780. The molecule has 4 aliphatic rings. The number of carbonyl (C=O) groups is 2. The minimum absolute atomic E-state index is 0.0185. The van der Waals surface area contributed by atoms with Crippen LogP contribution >= 0.6 is 0 Å². The Morgan fingerprint density at radius 3 is 2.07 bits per heavy atom. The molecule has 4 fully saturated rings. The maximum Gasteiger partial charge on any atom is 0.317 e. The number of carbonyl (C=O) groups excluding carboxylic acids is 1. The van der Waals surface area contributed by atoms with E-state index in [-0.39, 0.29) is 30.4 Å². The van der Waals surface area contributed by atoms with E-state index in [2.05, 4.69) is 0 Å². The Balaban J connectivity index is 1.58. The second-order valence-corrected chi connectivity index (χ2v) is 9.31. The summed E-state index contributed by atoms with van der Waals surface area (Å²) in [6.45, 7) is 0.401. The molecule has 1 aromatic rings. The van der Waals surface area contributed by atoms with Crippen molar-refractivity contribution in [3.05, 3.63) is 35.6 Å². The van der Waals surface area contributed by atoms with Crippen LogP contribution in [0, 0.1) is 23.6 Å². The summed E-state index contributed by atoms with van der Waals surface area (Å²) in [7, 11) is 1.67. The molecule has 28 heavy (non-hydrogen) atoms. The zero-order valence-corrected chi connectivity index (χ0v) is 16.4. The summed E-state index contributed by atoms with van der Waals surface area (Å²) in [5.41, 5.74) is 0.802. The van der Waals surface area contributed by atoms with E-state index in [0.717, 1.165) is 24.8 Å². The maximum absolute atomic E-state index is 13.3. The molecule has 0 aliphatic heterocycles. The van der Waals surface area contributed by atoms with Gasteiger partial charge in [0.15, 0.2) is 0 Å². The predicted molar refractivity (Wildman–Crippen MR) is 103 cm³/mol. The minimum atomic E-state index is -0.935. The van der Waals surface area contributed by atoms with Crippen LogP contribution in [0.25, 0.3) is 0 Å². The third-order valence-electron chi connectivity index (χ3n) is 6.94. The van der Waals surface area contributed by atoms with Gasteiger partial charge in [0.2, 0.25) is 5.91 Å². The number of benzene rings is 1. The summed E-state index contributed by atoms with van der Waals surface area (Å²) in [6.07, 6.45) is 7.02. The van der Waals surface area contributed by atoms with Gasteiger partial charge in [-0.1, -0.05) is 12.1 Å². The first kappa shape index (κ1) is 19.4. The van der Waals surface area contributed by atoms with Crippen LogP contribution in [0.1, 0.15) is 44.1 Å². The lowest BCUT2D eigenvalue weighted by Crippen LogP contribution is -2.62. The Morgan fingerprint density at radius 1 is 1.04 bits per heavy atom. The number of carboxylic acid groups (broad SMARTS) is 1. The first-order chi connectivity index (χ1) is 13.3. The monoisotopic (exact) mass is 388 g/mol. The van der Waals surface area contributed by atoms with E-state index in [1.807, 2.05) is 4.90 Å². The molecule has 0 unspecified atom stereocenters. The molecule has 5 nitrogen and oxygen atoms in total. The van der Waals surface area contributed by atoms with E-state index < -0.39 is 5.97 Å². The second kappa shape index (κ2) is 7.47. The van der Waals surface area contributed by atoms with Gasteiger partial charge in [0.05, 0.1) is 13.1 Å². The summed E-state index contributed by atoms with van der Waals surface area (Å²) < 4.78 is 13.3. The number of hydrogen-bond acceptors (Lipinski definition) is 3. The van der Waals surface area contributed by atoms with Crippen molar-refractivity contribution in [2.24, 2.45) is 17.8 Å². The number of halogens is 1. The Kier molecular flexibility index (Phi) is 5.17. The first-order valence-electron chi connectivity index (χ1n) is 10.3. The molecule has 6 heteroatoms. The van der Waals surface area contributed by atoms with E-state index in [1.54, 1.807) is 24.1 Å². The van der Waals surface area contributed by atoms with Crippen molar-refractivity contribution in [1.82, 2.24) is 9.80 Å². The Morgan fingerprint density at radius 2 is 1.57 bits per heavy atom. The highest BCUT2D eigenvalue weighted by atomic mass is 19.1. The SMILES string of the molecule is CN(CC(=O)O)CC(=O)N(Cc1ccc(F)cc1)C12CC3CC(CC(C3)C1)C2. The molecule has 0 saturated heterocycles. The van der Waals surface area contributed by atoms with Crippen LogP contribution in [0.4, 0.5) is 4.39 Å². The summed E-state index contributed by atoms with van der Waals surface area (Å²) in [5.74, 6) is 0.868. The van der Waals surface area contributed by atoms with Crippen molar-refractivity contribution in [3.63, 3.8) is 0 Å². The molecule has 1 amide bonds. The zero-order valence-electron chi connectivity index (χ0n) is 16.4. The Bertz CT molecular complexity index is 713. The van der Waals surface area contributed by atoms with Crippen molar-refractivity contribution in [2.45, 2.75) is 50.6 Å². The Labute approximate surface area is 165 Å². The van der Waals surface area contributed by atoms with Crippen LogP contribution in [-0.2, 0) is 16.1 Å². The van der Waals surface area contributed by atoms with Gasteiger partial charge in [0, 0.05) is 12.1 Å². The standard InChI is InChI=1S/C22H29FN2O3/c1-24(14-21(27)28)13-20(26)25(12-15-2-4-19(23)5-3-15)22-9-16-6-17(10-22)8-18(7-16)11-22/h2-5,16-18H,6-14H2,1H3,(H,27,28). The molecule has 1 N–H and O–H groups in total. The van der Waals surface area contributed by atoms with Crippen LogP contribution in [0.3, 0.4) is 0 Å². The number of rotatable bonds is 7. The summed E-state index contributed by atoms with van der Waals surface area (Å²) in [4.78, 5) is 27.9. The summed E-state index contributed by atoms with van der Waals surface area (Å²) in [5, 5.41) is 9.02. The molecule has 4 aliphatic carbocycles. The maximum atomic E-state index is 13.3. The molecule has 4 bridgehead atoms. The minimum Gasteiger partial charge on any atom is -0.480 e. The van der Waals surface area contributed by atoms with Crippen LogP contribution in [0.2, 0.25) is 0 Å². The van der Waals surface area contributed by atoms with Gasteiger partial charge in [0.25, 0.3) is 0 Å². The van der Waals surface area contributed by atoms with Crippen LogP contribution in [0.15, 0.2) is 24.3 Å². The van der Waals surface area contributed by atoms with Crippen molar-refractivity contribution < 1.29 is 19.1 Å². The lowest BCUT2D eigenvalue weighted by atomic mass is 9.52. The highest BCUT2D eigenvalue weighted by Crippen LogP contribution is 2.58. The molecule has 0 spiro atoms. The normalized spacial score (nSPS) is 30.6. The fourth-order valence-corrected chi connectivity index (χ4v) is 6.29. The third kappa shape index (κ3) is 3.93. The van der Waals surface area contributed by atoms with E-state index in [4.69, 9.17) is 5.11 Å². The van der Waals surface area contributed by atoms with Crippen molar-refractivity contribution in [2.75, 3.05) is 20.1 Å². The van der Waals surface area contributed by atoms with Gasteiger partial charge >= 0.3 is 5.97 Å². The predicted octanol–water partition coefficient (Wildman–Crippen LogP) is 3.14. The average Bonchev–Trinajstić information content (AvgIpc) is 2.59. The number of nitrogens with zero attached hydrogens (tertiary/aromatic N) is 2. The number of likely N-dealkylation sites (N-methyl/N-ethyl adjacent to an activating group) is 1. The fraction of sp³-hybridized carbons (Fsp3) is 0.636. The molecule has 0 atom stereocenters. The molecule has 1 aromatic carbocycles. The number of carboxylic acids is 1. The topological polar surface area (TPSA) is 60.9 Å². The van der Waals surface area contributed by atoms with Gasteiger partial charge in [-0.05, 0) is 81.0 Å². The van der Waals surface area contributed by atoms with E-state index >= 15 is 0 Å². The van der Waals surface area contributed by atoms with Crippen LogP contribution < -0.4 is 0 Å². The van der Waals surface area contributed by atoms with Gasteiger partial charge in [-0.2, -0.15) is 0 Å². The molecule has 0 heterocycles. The summed E-state index contributed by atoms with van der Waals surface area (Å²) in [6, 6.07) is 6.37. The second-order valence-electron chi connectivity index (χ2n) is 9.31. The summed E-state index contributed by atoms with van der Waals surface area (Å²) >= 11 is 0. The molecular formula is C22H29FN2O3. The number of aliphatic carboxylic acids is 1. The number of hydrogen-bond donors (Lipinski definition) is 1. The van der Waals surface area contributed by atoms with E-state index in [9.17, 15) is 14.0 Å². The molecular weight excluding hydrogens is 359 g/mol. The molecule has 0 radical (unpaired) electrons. The van der Waals surface area contributed by atoms with Crippen molar-refractivity contribution in [3.8, 4) is 0 Å².